The maximum atomic E-state index is 10.6. The second-order valence-corrected chi connectivity index (χ2v) is 3.00. The van der Waals surface area contributed by atoms with E-state index in [4.69, 9.17) is 0 Å². The van der Waals surface area contributed by atoms with Gasteiger partial charge in [0, 0.05) is 17.3 Å². The van der Waals surface area contributed by atoms with Crippen LogP contribution in [-0.4, -0.2) is 12.3 Å². The standard InChI is InChI=1S/C10H13NO.ClH/c1-8(2)11-10-6-4-3-5-9(10)7-12;/h3-8,11H,1-2H3;1H. The van der Waals surface area contributed by atoms with Crippen molar-refractivity contribution >= 4 is 24.4 Å². The van der Waals surface area contributed by atoms with Crippen molar-refractivity contribution in [1.82, 2.24) is 0 Å². The minimum Gasteiger partial charge on any atom is -0.382 e. The molecule has 0 aliphatic heterocycles. The third-order valence-corrected chi connectivity index (χ3v) is 1.53. The van der Waals surface area contributed by atoms with Gasteiger partial charge in [-0.1, -0.05) is 12.1 Å². The molecule has 0 aliphatic carbocycles. The van der Waals surface area contributed by atoms with Gasteiger partial charge in [0.1, 0.15) is 0 Å². The number of hydrogen-bond donors (Lipinski definition) is 1. The lowest BCUT2D eigenvalue weighted by Gasteiger charge is -2.11. The van der Waals surface area contributed by atoms with E-state index in [0.29, 0.717) is 11.6 Å². The van der Waals surface area contributed by atoms with Gasteiger partial charge in [-0.15, -0.1) is 12.4 Å². The van der Waals surface area contributed by atoms with Crippen molar-refractivity contribution < 1.29 is 4.79 Å². The van der Waals surface area contributed by atoms with Crippen molar-refractivity contribution in [2.45, 2.75) is 19.9 Å². The summed E-state index contributed by atoms with van der Waals surface area (Å²) in [4.78, 5) is 10.6. The van der Waals surface area contributed by atoms with E-state index in [2.05, 4.69) is 5.32 Å². The van der Waals surface area contributed by atoms with Crippen molar-refractivity contribution in [1.29, 1.82) is 0 Å². The molecule has 1 rings (SSSR count). The van der Waals surface area contributed by atoms with Crippen molar-refractivity contribution in [3.63, 3.8) is 0 Å². The van der Waals surface area contributed by atoms with Gasteiger partial charge < -0.3 is 5.32 Å². The molecule has 0 unspecified atom stereocenters. The van der Waals surface area contributed by atoms with E-state index in [1.807, 2.05) is 32.0 Å². The molecular formula is C10H14ClNO. The van der Waals surface area contributed by atoms with Crippen LogP contribution in [0.15, 0.2) is 24.3 Å². The van der Waals surface area contributed by atoms with Crippen molar-refractivity contribution in [2.75, 3.05) is 5.32 Å². The molecule has 0 aliphatic rings. The molecule has 0 fully saturated rings. The highest BCUT2D eigenvalue weighted by Gasteiger charge is 1.99. The first-order chi connectivity index (χ1) is 5.74. The second-order valence-electron chi connectivity index (χ2n) is 3.00. The zero-order valence-corrected chi connectivity index (χ0v) is 8.60. The van der Waals surface area contributed by atoms with Gasteiger partial charge in [-0.2, -0.15) is 0 Å². The number of carbonyl (C=O) groups is 1. The molecule has 1 aromatic carbocycles. The van der Waals surface area contributed by atoms with Crippen molar-refractivity contribution in [2.24, 2.45) is 0 Å². The highest BCUT2D eigenvalue weighted by atomic mass is 35.5. The van der Waals surface area contributed by atoms with Gasteiger partial charge in [-0.3, -0.25) is 4.79 Å². The number of halogens is 1. The van der Waals surface area contributed by atoms with Gasteiger partial charge in [0.15, 0.2) is 6.29 Å². The monoisotopic (exact) mass is 199 g/mol. The molecule has 0 spiro atoms. The maximum Gasteiger partial charge on any atom is 0.152 e. The minimum atomic E-state index is 0. The lowest BCUT2D eigenvalue weighted by molar-refractivity contribution is 0.112. The summed E-state index contributed by atoms with van der Waals surface area (Å²) in [5, 5.41) is 3.19. The van der Waals surface area contributed by atoms with Gasteiger partial charge in [0.25, 0.3) is 0 Å². The first kappa shape index (κ1) is 12.0. The molecular weight excluding hydrogens is 186 g/mol. The van der Waals surface area contributed by atoms with Crippen molar-refractivity contribution in [3.8, 4) is 0 Å². The van der Waals surface area contributed by atoms with Crippen LogP contribution in [0.25, 0.3) is 0 Å². The van der Waals surface area contributed by atoms with E-state index in [0.717, 1.165) is 12.0 Å². The second kappa shape index (κ2) is 5.60. The molecule has 0 heterocycles. The van der Waals surface area contributed by atoms with Crippen LogP contribution >= 0.6 is 12.4 Å². The van der Waals surface area contributed by atoms with E-state index in [1.54, 1.807) is 6.07 Å². The molecule has 13 heavy (non-hydrogen) atoms. The van der Waals surface area contributed by atoms with Crippen LogP contribution < -0.4 is 5.32 Å². The van der Waals surface area contributed by atoms with Gasteiger partial charge in [0.05, 0.1) is 0 Å². The van der Waals surface area contributed by atoms with Gasteiger partial charge in [0.2, 0.25) is 0 Å². The Labute approximate surface area is 84.8 Å². The molecule has 0 amide bonds. The molecule has 72 valence electrons. The fourth-order valence-corrected chi connectivity index (χ4v) is 1.04. The largest absolute Gasteiger partial charge is 0.382 e. The number of anilines is 1. The summed E-state index contributed by atoms with van der Waals surface area (Å²) < 4.78 is 0. The van der Waals surface area contributed by atoms with Gasteiger partial charge in [-0.05, 0) is 26.0 Å². The Balaban J connectivity index is 0.00000144. The smallest absolute Gasteiger partial charge is 0.152 e. The molecule has 0 saturated carbocycles. The summed E-state index contributed by atoms with van der Waals surface area (Å²) in [5.74, 6) is 0. The SMILES string of the molecule is CC(C)Nc1ccccc1C=O.Cl. The summed E-state index contributed by atoms with van der Waals surface area (Å²) in [7, 11) is 0. The first-order valence-corrected chi connectivity index (χ1v) is 4.05. The quantitative estimate of drug-likeness (QED) is 0.759. The summed E-state index contributed by atoms with van der Waals surface area (Å²) in [6, 6.07) is 7.83. The molecule has 1 aromatic rings. The number of para-hydroxylation sites is 1. The molecule has 0 saturated heterocycles. The normalized spacial score (nSPS) is 9.15. The number of hydrogen-bond acceptors (Lipinski definition) is 2. The number of rotatable bonds is 3. The van der Waals surface area contributed by atoms with E-state index >= 15 is 0 Å². The van der Waals surface area contributed by atoms with E-state index in [1.165, 1.54) is 0 Å². The summed E-state index contributed by atoms with van der Waals surface area (Å²) >= 11 is 0. The fourth-order valence-electron chi connectivity index (χ4n) is 1.04. The Morgan fingerprint density at radius 1 is 1.31 bits per heavy atom. The zero-order valence-electron chi connectivity index (χ0n) is 7.78. The molecule has 1 N–H and O–H groups in total. The van der Waals surface area contributed by atoms with E-state index < -0.39 is 0 Å². The van der Waals surface area contributed by atoms with Crippen LogP contribution in [0.5, 0.6) is 0 Å². The van der Waals surface area contributed by atoms with Crippen LogP contribution in [0, 0.1) is 0 Å². The van der Waals surface area contributed by atoms with Crippen LogP contribution in [0.3, 0.4) is 0 Å². The average Bonchev–Trinajstić information content (AvgIpc) is 2.04. The molecule has 0 radical (unpaired) electrons. The minimum absolute atomic E-state index is 0. The predicted molar refractivity (Wildman–Crippen MR) is 57.8 cm³/mol. The lowest BCUT2D eigenvalue weighted by atomic mass is 10.2. The molecule has 0 aromatic heterocycles. The third kappa shape index (κ3) is 3.47. The van der Waals surface area contributed by atoms with Gasteiger partial charge >= 0.3 is 0 Å². The van der Waals surface area contributed by atoms with Crippen LogP contribution in [0.1, 0.15) is 24.2 Å². The topological polar surface area (TPSA) is 29.1 Å². The van der Waals surface area contributed by atoms with Crippen LogP contribution in [-0.2, 0) is 0 Å². The van der Waals surface area contributed by atoms with Crippen LogP contribution in [0.4, 0.5) is 5.69 Å². The van der Waals surface area contributed by atoms with Crippen LogP contribution in [0.2, 0.25) is 0 Å². The Morgan fingerprint density at radius 3 is 2.46 bits per heavy atom. The Kier molecular flexibility index (Phi) is 5.16. The molecule has 2 nitrogen and oxygen atoms in total. The van der Waals surface area contributed by atoms with Gasteiger partial charge in [-0.25, -0.2) is 0 Å². The Morgan fingerprint density at radius 2 is 1.92 bits per heavy atom. The molecule has 3 heteroatoms. The third-order valence-electron chi connectivity index (χ3n) is 1.53. The Bertz CT molecular complexity index is 273. The van der Waals surface area contributed by atoms with Crippen molar-refractivity contribution in [3.05, 3.63) is 29.8 Å². The maximum absolute atomic E-state index is 10.6. The zero-order chi connectivity index (χ0) is 8.97. The molecule has 0 atom stereocenters. The highest BCUT2D eigenvalue weighted by molar-refractivity contribution is 5.85. The average molecular weight is 200 g/mol. The summed E-state index contributed by atoms with van der Waals surface area (Å²) in [5.41, 5.74) is 1.62. The lowest BCUT2D eigenvalue weighted by Crippen LogP contribution is -2.11. The predicted octanol–water partition coefficient (Wildman–Crippen LogP) is 2.74. The summed E-state index contributed by atoms with van der Waals surface area (Å²) in [6.07, 6.45) is 0.866. The summed E-state index contributed by atoms with van der Waals surface area (Å²) in [6.45, 7) is 4.09. The number of nitrogens with one attached hydrogen (secondary N) is 1. The van der Waals surface area contributed by atoms with E-state index in [9.17, 15) is 4.79 Å². The van der Waals surface area contributed by atoms with E-state index in [-0.39, 0.29) is 12.4 Å². The Hall–Kier alpha value is -1.02. The number of carbonyl (C=O) groups excluding carboxylic acids is 1. The molecule has 0 bridgehead atoms. The number of aldehydes is 1. The highest BCUT2D eigenvalue weighted by Crippen LogP contribution is 2.13. The first-order valence-electron chi connectivity index (χ1n) is 4.05. The fraction of sp³-hybridized carbons (Fsp3) is 0.300. The number of benzene rings is 1.